The molecule has 0 bridgehead atoms. The predicted molar refractivity (Wildman–Crippen MR) is 52.1 cm³/mol. The number of carboxylic acids is 2. The van der Waals surface area contributed by atoms with Crippen LogP contribution in [0.25, 0.3) is 0 Å². The SMILES string of the molecule is N#CC(CCCC(=O)O)CCCC(=O)O. The van der Waals surface area contributed by atoms with Crippen molar-refractivity contribution in [2.75, 3.05) is 0 Å². The summed E-state index contributed by atoms with van der Waals surface area (Å²) in [6.45, 7) is 0. The molecule has 0 aromatic heterocycles. The lowest BCUT2D eigenvalue weighted by atomic mass is 9.97. The van der Waals surface area contributed by atoms with Gasteiger partial charge >= 0.3 is 11.9 Å². The summed E-state index contributed by atoms with van der Waals surface area (Å²) >= 11 is 0. The van der Waals surface area contributed by atoms with Crippen molar-refractivity contribution in [2.45, 2.75) is 38.5 Å². The first kappa shape index (κ1) is 13.4. The molecule has 0 fully saturated rings. The van der Waals surface area contributed by atoms with E-state index >= 15 is 0 Å². The fraction of sp³-hybridized carbons (Fsp3) is 0.700. The Morgan fingerprint density at radius 2 is 1.47 bits per heavy atom. The first-order valence-electron chi connectivity index (χ1n) is 4.89. The minimum Gasteiger partial charge on any atom is -0.481 e. The largest absolute Gasteiger partial charge is 0.481 e. The number of carbonyl (C=O) groups is 2. The molecular formula is C10H15NO4. The lowest BCUT2D eigenvalue weighted by Gasteiger charge is -2.06. The van der Waals surface area contributed by atoms with Gasteiger partial charge < -0.3 is 10.2 Å². The molecule has 5 heteroatoms. The molecule has 0 heterocycles. The van der Waals surface area contributed by atoms with Crippen molar-refractivity contribution >= 4 is 11.9 Å². The maximum absolute atomic E-state index is 10.2. The molecule has 0 aliphatic rings. The van der Waals surface area contributed by atoms with E-state index < -0.39 is 11.9 Å². The Kier molecular flexibility index (Phi) is 6.98. The lowest BCUT2D eigenvalue weighted by molar-refractivity contribution is -0.138. The van der Waals surface area contributed by atoms with Crippen molar-refractivity contribution in [3.8, 4) is 6.07 Å². The predicted octanol–water partition coefficient (Wildman–Crippen LogP) is 1.64. The molecule has 2 N–H and O–H groups in total. The first-order chi connectivity index (χ1) is 7.06. The zero-order valence-electron chi connectivity index (χ0n) is 8.48. The molecule has 0 atom stereocenters. The van der Waals surface area contributed by atoms with Gasteiger partial charge in [-0.3, -0.25) is 9.59 Å². The van der Waals surface area contributed by atoms with Crippen LogP contribution >= 0.6 is 0 Å². The molecule has 0 amide bonds. The number of nitriles is 1. The third kappa shape index (κ3) is 8.75. The van der Waals surface area contributed by atoms with Crippen LogP contribution in [0.3, 0.4) is 0 Å². The van der Waals surface area contributed by atoms with E-state index in [-0.39, 0.29) is 18.8 Å². The van der Waals surface area contributed by atoms with Gasteiger partial charge in [-0.25, -0.2) is 0 Å². The molecule has 0 saturated carbocycles. The first-order valence-corrected chi connectivity index (χ1v) is 4.89. The summed E-state index contributed by atoms with van der Waals surface area (Å²) in [4.78, 5) is 20.4. The van der Waals surface area contributed by atoms with Gasteiger partial charge in [-0.1, -0.05) is 0 Å². The Morgan fingerprint density at radius 1 is 1.07 bits per heavy atom. The van der Waals surface area contributed by atoms with Crippen LogP contribution in [-0.4, -0.2) is 22.2 Å². The molecule has 0 unspecified atom stereocenters. The van der Waals surface area contributed by atoms with Gasteiger partial charge in [-0.05, 0) is 25.7 Å². The second-order valence-corrected chi connectivity index (χ2v) is 3.40. The quantitative estimate of drug-likeness (QED) is 0.638. The van der Waals surface area contributed by atoms with Gasteiger partial charge in [0.05, 0.1) is 6.07 Å². The third-order valence-corrected chi connectivity index (χ3v) is 2.07. The van der Waals surface area contributed by atoms with E-state index in [9.17, 15) is 9.59 Å². The summed E-state index contributed by atoms with van der Waals surface area (Å²) < 4.78 is 0. The van der Waals surface area contributed by atoms with E-state index in [1.165, 1.54) is 0 Å². The molecule has 5 nitrogen and oxygen atoms in total. The Hall–Kier alpha value is -1.57. The number of aliphatic carboxylic acids is 2. The standard InChI is InChI=1S/C10H15NO4/c11-7-8(3-1-5-9(12)13)4-2-6-10(14)15/h8H,1-6H2,(H,12,13)(H,14,15). The maximum Gasteiger partial charge on any atom is 0.303 e. The fourth-order valence-corrected chi connectivity index (χ4v) is 1.27. The van der Waals surface area contributed by atoms with Crippen molar-refractivity contribution < 1.29 is 19.8 Å². The third-order valence-electron chi connectivity index (χ3n) is 2.07. The van der Waals surface area contributed by atoms with Crippen LogP contribution in [0.2, 0.25) is 0 Å². The van der Waals surface area contributed by atoms with E-state index in [4.69, 9.17) is 15.5 Å². The molecule has 0 aliphatic heterocycles. The topological polar surface area (TPSA) is 98.4 Å². The minimum absolute atomic E-state index is 0.0666. The van der Waals surface area contributed by atoms with Crippen molar-refractivity contribution in [3.05, 3.63) is 0 Å². The van der Waals surface area contributed by atoms with E-state index in [2.05, 4.69) is 6.07 Å². The van der Waals surface area contributed by atoms with Gasteiger partial charge in [0, 0.05) is 18.8 Å². The molecule has 15 heavy (non-hydrogen) atoms. The Bertz CT molecular complexity index is 237. The monoisotopic (exact) mass is 213 g/mol. The highest BCUT2D eigenvalue weighted by Gasteiger charge is 2.09. The van der Waals surface area contributed by atoms with E-state index in [1.807, 2.05) is 0 Å². The summed E-state index contributed by atoms with van der Waals surface area (Å²) in [5.41, 5.74) is 0. The van der Waals surface area contributed by atoms with Crippen molar-refractivity contribution in [1.29, 1.82) is 5.26 Å². The van der Waals surface area contributed by atoms with Gasteiger partial charge in [0.2, 0.25) is 0 Å². The second-order valence-electron chi connectivity index (χ2n) is 3.40. The van der Waals surface area contributed by atoms with Gasteiger partial charge in [0.1, 0.15) is 0 Å². The summed E-state index contributed by atoms with van der Waals surface area (Å²) in [5, 5.41) is 25.5. The van der Waals surface area contributed by atoms with E-state index in [1.54, 1.807) is 0 Å². The summed E-state index contributed by atoms with van der Waals surface area (Å²) in [6.07, 6.45) is 2.14. The second kappa shape index (κ2) is 7.80. The average Bonchev–Trinajstić information content (AvgIpc) is 2.14. The van der Waals surface area contributed by atoms with E-state index in [0.717, 1.165) is 0 Å². The smallest absolute Gasteiger partial charge is 0.303 e. The number of rotatable bonds is 8. The molecule has 0 rings (SSSR count). The number of hydrogen-bond acceptors (Lipinski definition) is 3. The van der Waals surface area contributed by atoms with Crippen LogP contribution in [0.1, 0.15) is 38.5 Å². The van der Waals surface area contributed by atoms with Crippen molar-refractivity contribution in [1.82, 2.24) is 0 Å². The number of carboxylic acid groups (broad SMARTS) is 2. The highest BCUT2D eigenvalue weighted by atomic mass is 16.4. The molecule has 0 aromatic carbocycles. The molecule has 0 radical (unpaired) electrons. The van der Waals surface area contributed by atoms with Crippen LogP contribution in [0.4, 0.5) is 0 Å². The average molecular weight is 213 g/mol. The van der Waals surface area contributed by atoms with Gasteiger partial charge in [0.25, 0.3) is 0 Å². The van der Waals surface area contributed by atoms with Crippen molar-refractivity contribution in [3.63, 3.8) is 0 Å². The molecule has 0 spiro atoms. The Morgan fingerprint density at radius 3 is 1.73 bits per heavy atom. The van der Waals surface area contributed by atoms with E-state index in [0.29, 0.717) is 25.7 Å². The lowest BCUT2D eigenvalue weighted by Crippen LogP contribution is -2.02. The van der Waals surface area contributed by atoms with Gasteiger partial charge in [-0.15, -0.1) is 0 Å². The van der Waals surface area contributed by atoms with Crippen LogP contribution in [0.5, 0.6) is 0 Å². The zero-order valence-corrected chi connectivity index (χ0v) is 8.48. The molecular weight excluding hydrogens is 198 g/mol. The number of nitrogens with zero attached hydrogens (tertiary/aromatic N) is 1. The van der Waals surface area contributed by atoms with Gasteiger partial charge in [-0.2, -0.15) is 5.26 Å². The minimum atomic E-state index is -0.864. The molecule has 0 saturated heterocycles. The summed E-state index contributed by atoms with van der Waals surface area (Å²) in [6, 6.07) is 2.06. The summed E-state index contributed by atoms with van der Waals surface area (Å²) in [7, 11) is 0. The van der Waals surface area contributed by atoms with Crippen LogP contribution in [0, 0.1) is 17.2 Å². The maximum atomic E-state index is 10.2. The van der Waals surface area contributed by atoms with Crippen LogP contribution in [-0.2, 0) is 9.59 Å². The Balaban J connectivity index is 3.60. The molecule has 84 valence electrons. The van der Waals surface area contributed by atoms with Crippen molar-refractivity contribution in [2.24, 2.45) is 5.92 Å². The number of hydrogen-bond donors (Lipinski definition) is 2. The molecule has 0 aromatic rings. The fourth-order valence-electron chi connectivity index (χ4n) is 1.27. The highest BCUT2D eigenvalue weighted by Crippen LogP contribution is 2.15. The highest BCUT2D eigenvalue weighted by molar-refractivity contribution is 5.66. The normalized spacial score (nSPS) is 9.87. The van der Waals surface area contributed by atoms with Crippen LogP contribution < -0.4 is 0 Å². The van der Waals surface area contributed by atoms with Crippen LogP contribution in [0.15, 0.2) is 0 Å². The molecule has 0 aliphatic carbocycles. The zero-order chi connectivity index (χ0) is 11.7. The summed E-state index contributed by atoms with van der Waals surface area (Å²) in [5.74, 6) is -1.95. The Labute approximate surface area is 88.3 Å². The van der Waals surface area contributed by atoms with Gasteiger partial charge in [0.15, 0.2) is 0 Å².